The predicted molar refractivity (Wildman–Crippen MR) is 92.9 cm³/mol. The highest BCUT2D eigenvalue weighted by molar-refractivity contribution is 6.08. The fraction of sp³-hybridized carbons (Fsp3) is 0.0500. The van der Waals surface area contributed by atoms with Crippen molar-refractivity contribution in [3.63, 3.8) is 0 Å². The van der Waals surface area contributed by atoms with E-state index in [-0.39, 0.29) is 11.7 Å². The van der Waals surface area contributed by atoms with Crippen LogP contribution < -0.4 is 10.1 Å². The van der Waals surface area contributed by atoms with E-state index >= 15 is 0 Å². The Kier molecular flexibility index (Phi) is 5.04. The van der Waals surface area contributed by atoms with Gasteiger partial charge in [0.2, 0.25) is 0 Å². The topological polar surface area (TPSA) is 38.3 Å². The molecule has 0 aromatic heterocycles. The maximum atomic E-state index is 12.6. The van der Waals surface area contributed by atoms with Crippen LogP contribution >= 0.6 is 0 Å². The summed E-state index contributed by atoms with van der Waals surface area (Å²) in [5.74, 6) is -0.236. The van der Waals surface area contributed by atoms with Crippen LogP contribution in [0.2, 0.25) is 0 Å². The molecule has 0 aliphatic rings. The Labute approximate surface area is 143 Å². The number of amides is 1. The molecule has 0 aliphatic heterocycles. The third kappa shape index (κ3) is 4.20. The minimum Gasteiger partial charge on any atom is -0.435 e. The van der Waals surface area contributed by atoms with E-state index in [4.69, 9.17) is 0 Å². The lowest BCUT2D eigenvalue weighted by Crippen LogP contribution is -2.13. The highest BCUT2D eigenvalue weighted by Crippen LogP contribution is 2.25. The molecule has 5 heteroatoms. The van der Waals surface area contributed by atoms with Crippen molar-refractivity contribution in [3.05, 3.63) is 84.4 Å². The molecular weight excluding hydrogens is 324 g/mol. The summed E-state index contributed by atoms with van der Waals surface area (Å²) < 4.78 is 28.6. The van der Waals surface area contributed by atoms with Crippen LogP contribution in [0.4, 0.5) is 14.5 Å². The average molecular weight is 339 g/mol. The van der Waals surface area contributed by atoms with Gasteiger partial charge in [-0.25, -0.2) is 0 Å². The lowest BCUT2D eigenvalue weighted by Gasteiger charge is -2.11. The van der Waals surface area contributed by atoms with Gasteiger partial charge in [0.15, 0.2) is 0 Å². The van der Waals surface area contributed by atoms with Gasteiger partial charge in [-0.1, -0.05) is 48.5 Å². The van der Waals surface area contributed by atoms with E-state index in [0.717, 1.165) is 11.1 Å². The van der Waals surface area contributed by atoms with Gasteiger partial charge in [-0.15, -0.1) is 0 Å². The van der Waals surface area contributed by atoms with Gasteiger partial charge in [-0.05, 0) is 41.5 Å². The lowest BCUT2D eigenvalue weighted by atomic mass is 9.99. The molecule has 25 heavy (non-hydrogen) atoms. The molecule has 0 heterocycles. The first-order valence-corrected chi connectivity index (χ1v) is 7.64. The highest BCUT2D eigenvalue weighted by Gasteiger charge is 2.12. The van der Waals surface area contributed by atoms with Crippen molar-refractivity contribution in [1.82, 2.24) is 0 Å². The molecule has 0 spiro atoms. The quantitative estimate of drug-likeness (QED) is 0.693. The molecule has 3 aromatic carbocycles. The molecule has 1 N–H and O–H groups in total. The Hall–Kier alpha value is -3.21. The van der Waals surface area contributed by atoms with Crippen LogP contribution in [0.15, 0.2) is 78.9 Å². The largest absolute Gasteiger partial charge is 0.435 e. The van der Waals surface area contributed by atoms with Crippen molar-refractivity contribution in [2.45, 2.75) is 6.61 Å². The number of carbonyl (C=O) groups is 1. The van der Waals surface area contributed by atoms with E-state index in [1.807, 2.05) is 42.5 Å². The summed E-state index contributed by atoms with van der Waals surface area (Å²) in [5.41, 5.74) is 2.78. The van der Waals surface area contributed by atoms with Crippen molar-refractivity contribution in [1.29, 1.82) is 0 Å². The summed E-state index contributed by atoms with van der Waals surface area (Å²) in [6.45, 7) is -2.88. The van der Waals surface area contributed by atoms with Crippen LogP contribution in [0.1, 0.15) is 10.4 Å². The van der Waals surface area contributed by atoms with Crippen LogP contribution in [0.3, 0.4) is 0 Å². The molecule has 0 radical (unpaired) electrons. The number of carbonyl (C=O) groups excluding carboxylic acids is 1. The zero-order chi connectivity index (χ0) is 17.6. The summed E-state index contributed by atoms with van der Waals surface area (Å²) >= 11 is 0. The monoisotopic (exact) mass is 339 g/mol. The molecule has 126 valence electrons. The summed E-state index contributed by atoms with van der Waals surface area (Å²) in [5, 5.41) is 2.77. The fourth-order valence-corrected chi connectivity index (χ4v) is 2.47. The molecule has 0 fully saturated rings. The maximum Gasteiger partial charge on any atom is 0.387 e. The molecule has 0 saturated heterocycles. The first kappa shape index (κ1) is 16.6. The minimum atomic E-state index is -2.88. The van der Waals surface area contributed by atoms with Crippen molar-refractivity contribution < 1.29 is 18.3 Å². The van der Waals surface area contributed by atoms with E-state index in [9.17, 15) is 13.6 Å². The third-order valence-corrected chi connectivity index (χ3v) is 3.59. The SMILES string of the molecule is O=C(Nc1ccc(OC(F)F)cc1)c1ccccc1-c1ccccc1. The van der Waals surface area contributed by atoms with Gasteiger partial charge in [0.05, 0.1) is 0 Å². The average Bonchev–Trinajstić information content (AvgIpc) is 2.63. The van der Waals surface area contributed by atoms with E-state index < -0.39 is 6.61 Å². The molecule has 0 bridgehead atoms. The van der Waals surface area contributed by atoms with Gasteiger partial charge in [0.1, 0.15) is 5.75 Å². The second-order valence-corrected chi connectivity index (χ2v) is 5.27. The molecule has 3 nitrogen and oxygen atoms in total. The Balaban J connectivity index is 1.80. The molecule has 0 unspecified atom stereocenters. The predicted octanol–water partition coefficient (Wildman–Crippen LogP) is 5.21. The number of nitrogens with one attached hydrogen (secondary N) is 1. The molecular formula is C20H15F2NO2. The molecule has 3 aromatic rings. The van der Waals surface area contributed by atoms with Gasteiger partial charge in [-0.3, -0.25) is 4.79 Å². The number of halogens is 2. The van der Waals surface area contributed by atoms with Crippen molar-refractivity contribution >= 4 is 11.6 Å². The smallest absolute Gasteiger partial charge is 0.387 e. The van der Waals surface area contributed by atoms with E-state index in [1.165, 1.54) is 24.3 Å². The summed E-state index contributed by atoms with van der Waals surface area (Å²) in [7, 11) is 0. The minimum absolute atomic E-state index is 0.0395. The molecule has 0 atom stereocenters. The van der Waals surface area contributed by atoms with Gasteiger partial charge >= 0.3 is 6.61 Å². The lowest BCUT2D eigenvalue weighted by molar-refractivity contribution is -0.0498. The van der Waals surface area contributed by atoms with Crippen molar-refractivity contribution in [3.8, 4) is 16.9 Å². The van der Waals surface area contributed by atoms with Gasteiger partial charge in [0, 0.05) is 11.3 Å². The zero-order valence-electron chi connectivity index (χ0n) is 13.2. The molecule has 0 saturated carbocycles. The van der Waals surface area contributed by atoms with Crippen LogP contribution in [-0.2, 0) is 0 Å². The first-order valence-electron chi connectivity index (χ1n) is 7.64. The van der Waals surface area contributed by atoms with Crippen LogP contribution in [-0.4, -0.2) is 12.5 Å². The number of hydrogen-bond acceptors (Lipinski definition) is 2. The number of anilines is 1. The summed E-state index contributed by atoms with van der Waals surface area (Å²) in [4.78, 5) is 12.6. The van der Waals surface area contributed by atoms with Gasteiger partial charge in [-0.2, -0.15) is 8.78 Å². The normalized spacial score (nSPS) is 10.5. The standard InChI is InChI=1S/C20H15F2NO2/c21-20(22)25-16-12-10-15(11-13-16)23-19(24)18-9-5-4-8-17(18)14-6-2-1-3-7-14/h1-13,20H,(H,23,24). The molecule has 0 aliphatic carbocycles. The second-order valence-electron chi connectivity index (χ2n) is 5.27. The summed E-state index contributed by atoms with van der Waals surface area (Å²) in [6.07, 6.45) is 0. The number of benzene rings is 3. The van der Waals surface area contributed by atoms with Gasteiger partial charge in [0.25, 0.3) is 5.91 Å². The van der Waals surface area contributed by atoms with E-state index in [2.05, 4.69) is 10.1 Å². The number of hydrogen-bond donors (Lipinski definition) is 1. The van der Waals surface area contributed by atoms with E-state index in [1.54, 1.807) is 12.1 Å². The van der Waals surface area contributed by atoms with Crippen molar-refractivity contribution in [2.75, 3.05) is 5.32 Å². The second kappa shape index (κ2) is 7.57. The van der Waals surface area contributed by atoms with Gasteiger partial charge < -0.3 is 10.1 Å². The van der Waals surface area contributed by atoms with E-state index in [0.29, 0.717) is 11.3 Å². The van der Waals surface area contributed by atoms with Crippen LogP contribution in [0.25, 0.3) is 11.1 Å². The maximum absolute atomic E-state index is 12.6. The Bertz CT molecular complexity index is 849. The van der Waals surface area contributed by atoms with Crippen molar-refractivity contribution in [2.24, 2.45) is 0 Å². The third-order valence-electron chi connectivity index (χ3n) is 3.59. The molecule has 3 rings (SSSR count). The Morgan fingerprint density at radius 2 is 1.48 bits per heavy atom. The fourth-order valence-electron chi connectivity index (χ4n) is 2.47. The zero-order valence-corrected chi connectivity index (χ0v) is 13.2. The summed E-state index contributed by atoms with van der Waals surface area (Å²) in [6, 6.07) is 22.7. The molecule has 1 amide bonds. The highest BCUT2D eigenvalue weighted by atomic mass is 19.3. The van der Waals surface area contributed by atoms with Crippen LogP contribution in [0.5, 0.6) is 5.75 Å². The number of alkyl halides is 2. The Morgan fingerprint density at radius 1 is 0.840 bits per heavy atom. The number of rotatable bonds is 5. The number of ether oxygens (including phenoxy) is 1. The van der Waals surface area contributed by atoms with Crippen LogP contribution in [0, 0.1) is 0 Å². The first-order chi connectivity index (χ1) is 12.1. The Morgan fingerprint density at radius 3 is 2.16 bits per heavy atom.